The van der Waals surface area contributed by atoms with Gasteiger partial charge in [0, 0.05) is 12.5 Å². The first-order valence-electron chi connectivity index (χ1n) is 12.1. The van der Waals surface area contributed by atoms with Crippen molar-refractivity contribution >= 4 is 21.2 Å². The van der Waals surface area contributed by atoms with Crippen LogP contribution in [-0.2, 0) is 9.84 Å². The van der Waals surface area contributed by atoms with Gasteiger partial charge in [-0.25, -0.2) is 17.2 Å². The Morgan fingerprint density at radius 1 is 0.950 bits per heavy atom. The Balaban J connectivity index is 1.74. The van der Waals surface area contributed by atoms with E-state index in [-0.39, 0.29) is 16.2 Å². The lowest BCUT2D eigenvalue weighted by Crippen LogP contribution is -2.43. The van der Waals surface area contributed by atoms with Crippen LogP contribution in [0.5, 0.6) is 0 Å². The largest absolute Gasteiger partial charge is 0.459 e. The average molecular weight is 588 g/mol. The van der Waals surface area contributed by atoms with Crippen molar-refractivity contribution in [2.75, 3.05) is 24.4 Å². The fourth-order valence-corrected chi connectivity index (χ4v) is 5.72. The number of hydrogen-bond donors (Lipinski definition) is 1. The first kappa shape index (κ1) is 29.5. The molecule has 0 aromatic heterocycles. The molecule has 5 nitrogen and oxygen atoms in total. The fraction of sp³-hybridized carbons (Fsp3) is 0.296. The lowest BCUT2D eigenvalue weighted by Gasteiger charge is -2.25. The van der Waals surface area contributed by atoms with E-state index in [0.29, 0.717) is 35.2 Å². The number of hydrazone groups is 1. The van der Waals surface area contributed by atoms with Crippen LogP contribution in [0.4, 0.5) is 36.4 Å². The summed E-state index contributed by atoms with van der Waals surface area (Å²) in [7, 11) is -1.91. The number of halogens is 7. The van der Waals surface area contributed by atoms with E-state index in [1.807, 2.05) is 0 Å². The maximum Gasteiger partial charge on any atom is 0.459 e. The van der Waals surface area contributed by atoms with Crippen molar-refractivity contribution in [1.82, 2.24) is 5.32 Å². The molecule has 40 heavy (non-hydrogen) atoms. The van der Waals surface area contributed by atoms with E-state index in [0.717, 1.165) is 12.1 Å². The van der Waals surface area contributed by atoms with Gasteiger partial charge in [-0.15, -0.1) is 0 Å². The third-order valence-electron chi connectivity index (χ3n) is 6.42. The number of rotatable bonds is 9. The van der Waals surface area contributed by atoms with Crippen LogP contribution in [0.25, 0.3) is 11.1 Å². The molecule has 0 spiro atoms. The minimum Gasteiger partial charge on any atom is -0.320 e. The molecule has 0 saturated carbocycles. The Hall–Kier alpha value is -3.45. The zero-order valence-corrected chi connectivity index (χ0v) is 21.8. The summed E-state index contributed by atoms with van der Waals surface area (Å²) in [6.07, 6.45) is -6.44. The molecule has 214 valence electrons. The maximum atomic E-state index is 14.6. The Labute approximate surface area is 226 Å². The maximum absolute atomic E-state index is 14.6. The Morgan fingerprint density at radius 3 is 2.27 bits per heavy atom. The van der Waals surface area contributed by atoms with Gasteiger partial charge in [-0.3, -0.25) is 5.01 Å². The second-order valence-electron chi connectivity index (χ2n) is 9.21. The summed E-state index contributed by atoms with van der Waals surface area (Å²) >= 11 is 0. The van der Waals surface area contributed by atoms with Crippen molar-refractivity contribution in [2.24, 2.45) is 5.10 Å². The standard InChI is InChI=1S/C27H24F7N3O2S/c1-35-11-4-12-40(38,39)21-8-3-6-18(14-21)17-5-2-7-19(13-17)24-16-25(26(30,31)27(32,33)34)36-37(24)23-10-9-20(28)15-22(23)29/h2-3,5-10,13-15,24,35H,4,11-12,16H2,1H3. The van der Waals surface area contributed by atoms with Crippen LogP contribution in [-0.4, -0.2) is 45.6 Å². The van der Waals surface area contributed by atoms with Crippen LogP contribution in [0, 0.1) is 11.6 Å². The normalized spacial score (nSPS) is 16.4. The molecule has 0 fully saturated rings. The molecule has 0 amide bonds. The van der Waals surface area contributed by atoms with Gasteiger partial charge in [0.2, 0.25) is 0 Å². The molecule has 3 aromatic rings. The summed E-state index contributed by atoms with van der Waals surface area (Å²) < 4.78 is 122. The third-order valence-corrected chi connectivity index (χ3v) is 8.22. The van der Waals surface area contributed by atoms with E-state index >= 15 is 0 Å². The molecule has 0 bridgehead atoms. The molecule has 3 aromatic carbocycles. The molecular weight excluding hydrogens is 563 g/mol. The highest BCUT2D eigenvalue weighted by atomic mass is 32.2. The SMILES string of the molecule is CNCCCS(=O)(=O)c1cccc(-c2cccc(C3CC(C(F)(F)C(F)(F)F)=NN3c3ccc(F)cc3F)c2)c1. The molecule has 1 unspecified atom stereocenters. The highest BCUT2D eigenvalue weighted by molar-refractivity contribution is 7.91. The van der Waals surface area contributed by atoms with Crippen molar-refractivity contribution in [3.05, 3.63) is 83.9 Å². The van der Waals surface area contributed by atoms with Gasteiger partial charge >= 0.3 is 12.1 Å². The molecule has 1 aliphatic heterocycles. The number of benzene rings is 3. The van der Waals surface area contributed by atoms with E-state index in [4.69, 9.17) is 0 Å². The van der Waals surface area contributed by atoms with Crippen LogP contribution in [0.3, 0.4) is 0 Å². The number of nitrogens with zero attached hydrogens (tertiary/aromatic N) is 2. The predicted molar refractivity (Wildman–Crippen MR) is 137 cm³/mol. The second kappa shape index (κ2) is 11.2. The highest BCUT2D eigenvalue weighted by Crippen LogP contribution is 2.45. The minimum absolute atomic E-state index is 0.0674. The van der Waals surface area contributed by atoms with Gasteiger partial charge in [-0.2, -0.15) is 27.1 Å². The van der Waals surface area contributed by atoms with Crippen LogP contribution >= 0.6 is 0 Å². The quantitative estimate of drug-likeness (QED) is 0.229. The van der Waals surface area contributed by atoms with Crippen molar-refractivity contribution < 1.29 is 39.2 Å². The summed E-state index contributed by atoms with van der Waals surface area (Å²) in [4.78, 5) is 0.0674. The topological polar surface area (TPSA) is 61.8 Å². The Kier molecular flexibility index (Phi) is 8.27. The molecule has 4 rings (SSSR count). The first-order valence-corrected chi connectivity index (χ1v) is 13.7. The van der Waals surface area contributed by atoms with E-state index in [9.17, 15) is 39.2 Å². The number of hydrogen-bond acceptors (Lipinski definition) is 5. The Morgan fingerprint density at radius 2 is 1.62 bits per heavy atom. The fourth-order valence-electron chi connectivity index (χ4n) is 4.36. The van der Waals surface area contributed by atoms with Crippen LogP contribution in [0.2, 0.25) is 0 Å². The van der Waals surface area contributed by atoms with Gasteiger partial charge < -0.3 is 5.32 Å². The summed E-state index contributed by atoms with van der Waals surface area (Å²) in [5.74, 6) is -7.54. The zero-order valence-electron chi connectivity index (χ0n) is 21.0. The lowest BCUT2D eigenvalue weighted by molar-refractivity contribution is -0.249. The van der Waals surface area contributed by atoms with E-state index in [1.165, 1.54) is 36.4 Å². The summed E-state index contributed by atoms with van der Waals surface area (Å²) in [6.45, 7) is 0.505. The van der Waals surface area contributed by atoms with Crippen molar-refractivity contribution in [3.8, 4) is 11.1 Å². The summed E-state index contributed by atoms with van der Waals surface area (Å²) in [6, 6.07) is 13.0. The second-order valence-corrected chi connectivity index (χ2v) is 11.3. The summed E-state index contributed by atoms with van der Waals surface area (Å²) in [5.41, 5.74) is -0.899. The third kappa shape index (κ3) is 5.99. The van der Waals surface area contributed by atoms with Crippen molar-refractivity contribution in [2.45, 2.75) is 35.9 Å². The number of anilines is 1. The molecule has 0 aliphatic carbocycles. The number of nitrogens with one attached hydrogen (secondary N) is 1. The van der Waals surface area contributed by atoms with Gasteiger partial charge in [-0.05, 0) is 67.0 Å². The predicted octanol–water partition coefficient (Wildman–Crippen LogP) is 6.52. The van der Waals surface area contributed by atoms with Gasteiger partial charge in [0.1, 0.15) is 11.5 Å². The molecular formula is C27H24F7N3O2S. The van der Waals surface area contributed by atoms with E-state index in [1.54, 1.807) is 19.2 Å². The Bertz CT molecular complexity index is 1520. The van der Waals surface area contributed by atoms with Crippen LogP contribution < -0.4 is 10.3 Å². The number of sulfone groups is 1. The van der Waals surface area contributed by atoms with Crippen molar-refractivity contribution in [1.29, 1.82) is 0 Å². The van der Waals surface area contributed by atoms with E-state index < -0.39 is 57.4 Å². The molecule has 1 N–H and O–H groups in total. The highest BCUT2D eigenvalue weighted by Gasteiger charge is 2.63. The molecule has 1 aliphatic rings. The molecule has 0 saturated heterocycles. The average Bonchev–Trinajstić information content (AvgIpc) is 3.34. The van der Waals surface area contributed by atoms with Crippen LogP contribution in [0.1, 0.15) is 24.4 Å². The van der Waals surface area contributed by atoms with E-state index in [2.05, 4.69) is 10.4 Å². The zero-order chi connectivity index (χ0) is 29.3. The van der Waals surface area contributed by atoms with Gasteiger partial charge in [0.15, 0.2) is 15.7 Å². The monoisotopic (exact) mass is 587 g/mol. The molecule has 13 heteroatoms. The van der Waals surface area contributed by atoms with Gasteiger partial charge in [0.25, 0.3) is 0 Å². The minimum atomic E-state index is -5.94. The smallest absolute Gasteiger partial charge is 0.320 e. The summed E-state index contributed by atoms with van der Waals surface area (Å²) in [5, 5.41) is 7.02. The first-order chi connectivity index (χ1) is 18.7. The van der Waals surface area contributed by atoms with Crippen molar-refractivity contribution in [3.63, 3.8) is 0 Å². The lowest BCUT2D eigenvalue weighted by atomic mass is 9.95. The van der Waals surface area contributed by atoms with Crippen LogP contribution in [0.15, 0.2) is 76.7 Å². The molecule has 1 heterocycles. The number of alkyl halides is 5. The molecule has 1 atom stereocenters. The molecule has 0 radical (unpaired) electrons. The van der Waals surface area contributed by atoms with Gasteiger partial charge in [-0.1, -0.05) is 30.3 Å². The van der Waals surface area contributed by atoms with Gasteiger partial charge in [0.05, 0.1) is 22.4 Å².